The Morgan fingerprint density at radius 2 is 1.71 bits per heavy atom. The van der Waals surface area contributed by atoms with E-state index in [0.29, 0.717) is 18.5 Å². The van der Waals surface area contributed by atoms with Gasteiger partial charge >= 0.3 is 5.97 Å². The minimum Gasteiger partial charge on any atom is -0.466 e. The molecule has 6 nitrogen and oxygen atoms in total. The first-order valence-electron chi connectivity index (χ1n) is 8.71. The smallest absolute Gasteiger partial charge is 0.302 e. The number of rotatable bonds is 8. The maximum absolute atomic E-state index is 12.6. The first-order chi connectivity index (χ1) is 13.5. The van der Waals surface area contributed by atoms with Gasteiger partial charge in [-0.25, -0.2) is 0 Å². The largest absolute Gasteiger partial charge is 0.466 e. The van der Waals surface area contributed by atoms with Crippen LogP contribution in [0.4, 0.5) is 0 Å². The number of esters is 1. The molecule has 2 aromatic carbocycles. The van der Waals surface area contributed by atoms with Crippen LogP contribution in [0.25, 0.3) is 6.08 Å². The van der Waals surface area contributed by atoms with E-state index in [-0.39, 0.29) is 24.2 Å². The summed E-state index contributed by atoms with van der Waals surface area (Å²) in [6.07, 6.45) is 2.08. The molecule has 2 amide bonds. The number of hydrogen-bond acceptors (Lipinski definition) is 4. The van der Waals surface area contributed by atoms with Crippen LogP contribution in [0.1, 0.15) is 29.3 Å². The average Bonchev–Trinajstić information content (AvgIpc) is 2.69. The van der Waals surface area contributed by atoms with Crippen LogP contribution >= 0.6 is 15.9 Å². The van der Waals surface area contributed by atoms with Gasteiger partial charge < -0.3 is 15.4 Å². The highest BCUT2D eigenvalue weighted by Crippen LogP contribution is 2.13. The topological polar surface area (TPSA) is 84.5 Å². The average molecular weight is 445 g/mol. The molecule has 0 radical (unpaired) electrons. The first kappa shape index (κ1) is 21.4. The number of carbonyl (C=O) groups excluding carboxylic acids is 3. The molecule has 0 atom stereocenters. The van der Waals surface area contributed by atoms with E-state index in [1.165, 1.54) is 6.92 Å². The summed E-state index contributed by atoms with van der Waals surface area (Å²) in [5.74, 6) is -1.16. The zero-order chi connectivity index (χ0) is 20.4. The SMILES string of the molecule is CC(=O)OCCCNC(=O)C(=Cc1ccc(Br)cc1)NC(=O)c1ccccc1. The quantitative estimate of drug-likeness (QED) is 0.371. The van der Waals surface area contributed by atoms with Gasteiger partial charge in [0.05, 0.1) is 6.61 Å². The molecule has 7 heteroatoms. The molecule has 0 unspecified atom stereocenters. The zero-order valence-electron chi connectivity index (χ0n) is 15.4. The van der Waals surface area contributed by atoms with E-state index < -0.39 is 5.91 Å². The fraction of sp³-hybridized carbons (Fsp3) is 0.190. The fourth-order valence-electron chi connectivity index (χ4n) is 2.25. The summed E-state index contributed by atoms with van der Waals surface area (Å²) in [6, 6.07) is 16.0. The molecule has 146 valence electrons. The maximum Gasteiger partial charge on any atom is 0.302 e. The molecular formula is C21H21BrN2O4. The van der Waals surface area contributed by atoms with Gasteiger partial charge in [-0.3, -0.25) is 14.4 Å². The molecular weight excluding hydrogens is 424 g/mol. The fourth-order valence-corrected chi connectivity index (χ4v) is 2.52. The van der Waals surface area contributed by atoms with Crippen molar-refractivity contribution in [1.82, 2.24) is 10.6 Å². The van der Waals surface area contributed by atoms with Gasteiger partial charge in [0.2, 0.25) is 0 Å². The molecule has 2 N–H and O–H groups in total. The predicted molar refractivity (Wildman–Crippen MR) is 110 cm³/mol. The number of amides is 2. The summed E-state index contributed by atoms with van der Waals surface area (Å²) in [5.41, 5.74) is 1.34. The number of carbonyl (C=O) groups is 3. The molecule has 2 aromatic rings. The zero-order valence-corrected chi connectivity index (χ0v) is 17.0. The predicted octanol–water partition coefficient (Wildman–Crippen LogP) is 3.29. The van der Waals surface area contributed by atoms with Gasteiger partial charge in [-0.2, -0.15) is 0 Å². The van der Waals surface area contributed by atoms with E-state index in [2.05, 4.69) is 26.6 Å². The molecule has 0 heterocycles. The molecule has 0 aliphatic heterocycles. The molecule has 0 aliphatic carbocycles. The summed E-state index contributed by atoms with van der Waals surface area (Å²) in [7, 11) is 0. The van der Waals surface area contributed by atoms with Crippen LogP contribution in [0.15, 0.2) is 64.8 Å². The second-order valence-corrected chi connectivity index (χ2v) is 6.79. The highest BCUT2D eigenvalue weighted by Gasteiger charge is 2.14. The second-order valence-electron chi connectivity index (χ2n) is 5.88. The van der Waals surface area contributed by atoms with Gasteiger partial charge in [0.15, 0.2) is 0 Å². The molecule has 28 heavy (non-hydrogen) atoms. The number of nitrogens with one attached hydrogen (secondary N) is 2. The third kappa shape index (κ3) is 7.36. The summed E-state index contributed by atoms with van der Waals surface area (Å²) < 4.78 is 5.75. The number of ether oxygens (including phenoxy) is 1. The third-order valence-electron chi connectivity index (χ3n) is 3.62. The Bertz CT molecular complexity index is 848. The van der Waals surface area contributed by atoms with E-state index in [9.17, 15) is 14.4 Å². The van der Waals surface area contributed by atoms with Crippen LogP contribution in [0, 0.1) is 0 Å². The monoisotopic (exact) mass is 444 g/mol. The lowest BCUT2D eigenvalue weighted by Crippen LogP contribution is -2.35. The van der Waals surface area contributed by atoms with Gasteiger partial charge in [-0.15, -0.1) is 0 Å². The summed E-state index contributed by atoms with van der Waals surface area (Å²) in [6.45, 7) is 1.86. The normalized spacial score (nSPS) is 10.9. The van der Waals surface area contributed by atoms with Gasteiger partial charge in [0, 0.05) is 23.5 Å². The molecule has 0 saturated carbocycles. The Balaban J connectivity index is 2.09. The van der Waals surface area contributed by atoms with Gasteiger partial charge in [-0.1, -0.05) is 46.3 Å². The highest BCUT2D eigenvalue weighted by molar-refractivity contribution is 9.10. The first-order valence-corrected chi connectivity index (χ1v) is 9.50. The summed E-state index contributed by atoms with van der Waals surface area (Å²) >= 11 is 3.36. The minimum atomic E-state index is -0.421. The van der Waals surface area contributed by atoms with Crippen LogP contribution in [0.3, 0.4) is 0 Å². The van der Waals surface area contributed by atoms with Crippen molar-refractivity contribution in [2.75, 3.05) is 13.2 Å². The molecule has 0 fully saturated rings. The van der Waals surface area contributed by atoms with E-state index in [4.69, 9.17) is 4.74 Å². The Kier molecular flexibility index (Phi) is 8.42. The van der Waals surface area contributed by atoms with Crippen LogP contribution in [-0.2, 0) is 14.3 Å². The van der Waals surface area contributed by atoms with Crippen molar-refractivity contribution >= 4 is 39.8 Å². The van der Waals surface area contributed by atoms with Crippen molar-refractivity contribution in [1.29, 1.82) is 0 Å². The number of benzene rings is 2. The van der Waals surface area contributed by atoms with E-state index in [1.54, 1.807) is 30.3 Å². The third-order valence-corrected chi connectivity index (χ3v) is 4.15. The van der Waals surface area contributed by atoms with Gasteiger partial charge in [-0.05, 0) is 42.3 Å². The molecule has 0 bridgehead atoms. The van der Waals surface area contributed by atoms with Crippen molar-refractivity contribution in [3.05, 3.63) is 75.9 Å². The van der Waals surface area contributed by atoms with Gasteiger partial charge in [0.1, 0.15) is 5.70 Å². The van der Waals surface area contributed by atoms with Crippen LogP contribution < -0.4 is 10.6 Å². The Morgan fingerprint density at radius 3 is 2.36 bits per heavy atom. The number of hydrogen-bond donors (Lipinski definition) is 2. The summed E-state index contributed by atoms with van der Waals surface area (Å²) in [5, 5.41) is 5.39. The van der Waals surface area contributed by atoms with E-state index in [0.717, 1.165) is 10.0 Å². The molecule has 0 spiro atoms. The molecule has 0 saturated heterocycles. The minimum absolute atomic E-state index is 0.128. The molecule has 0 aromatic heterocycles. The van der Waals surface area contributed by atoms with E-state index in [1.807, 2.05) is 30.3 Å². The Morgan fingerprint density at radius 1 is 1.04 bits per heavy atom. The van der Waals surface area contributed by atoms with Crippen molar-refractivity contribution in [3.8, 4) is 0 Å². The maximum atomic E-state index is 12.6. The van der Waals surface area contributed by atoms with Gasteiger partial charge in [0.25, 0.3) is 11.8 Å². The Labute approximate surface area is 172 Å². The lowest BCUT2D eigenvalue weighted by atomic mass is 10.1. The van der Waals surface area contributed by atoms with Crippen molar-refractivity contribution in [2.45, 2.75) is 13.3 Å². The standard InChI is InChI=1S/C21H21BrN2O4/c1-15(25)28-13-5-12-23-21(27)19(14-16-8-10-18(22)11-9-16)24-20(26)17-6-3-2-4-7-17/h2-4,6-11,14H,5,12-13H2,1H3,(H,23,27)(H,24,26). The Hall–Kier alpha value is -2.93. The van der Waals surface area contributed by atoms with E-state index >= 15 is 0 Å². The van der Waals surface area contributed by atoms with Crippen molar-refractivity contribution < 1.29 is 19.1 Å². The highest BCUT2D eigenvalue weighted by atomic mass is 79.9. The van der Waals surface area contributed by atoms with Crippen LogP contribution in [0.2, 0.25) is 0 Å². The summed E-state index contributed by atoms with van der Waals surface area (Å²) in [4.78, 5) is 35.8. The lowest BCUT2D eigenvalue weighted by Gasteiger charge is -2.11. The second kappa shape index (κ2) is 11.0. The molecule has 2 rings (SSSR count). The molecule has 0 aliphatic rings. The van der Waals surface area contributed by atoms with Crippen molar-refractivity contribution in [3.63, 3.8) is 0 Å². The van der Waals surface area contributed by atoms with Crippen LogP contribution in [0.5, 0.6) is 0 Å². The lowest BCUT2D eigenvalue weighted by molar-refractivity contribution is -0.140. The van der Waals surface area contributed by atoms with Crippen LogP contribution in [-0.4, -0.2) is 30.9 Å². The van der Waals surface area contributed by atoms with Crippen molar-refractivity contribution in [2.24, 2.45) is 0 Å². The number of halogens is 1.